The van der Waals surface area contributed by atoms with E-state index in [1.807, 2.05) is 0 Å². The van der Waals surface area contributed by atoms with Crippen molar-refractivity contribution < 1.29 is 15.6 Å². The number of rotatable bonds is 0. The SMILES string of the molecule is CNO.CNO.CNO.Cl.Cl.Cl.Cl. The number of hydroxylamine groups is 3. The van der Waals surface area contributed by atoms with Gasteiger partial charge in [-0.2, -0.15) is 0 Å². The lowest BCUT2D eigenvalue weighted by Gasteiger charge is -1.60. The second kappa shape index (κ2) is 119. The van der Waals surface area contributed by atoms with E-state index in [0.717, 1.165) is 0 Å². The quantitative estimate of drug-likeness (QED) is 0.363. The molecule has 0 rings (SSSR count). The monoisotopic (exact) mass is 285 g/mol. The fraction of sp³-hybridized carbons (Fsp3) is 1.00. The zero-order valence-corrected chi connectivity index (χ0v) is 10.7. The van der Waals surface area contributed by atoms with Gasteiger partial charge in [-0.15, -0.1) is 49.6 Å². The highest BCUT2D eigenvalue weighted by molar-refractivity contribution is 5.86. The predicted molar refractivity (Wildman–Crippen MR) is 61.5 cm³/mol. The van der Waals surface area contributed by atoms with Crippen molar-refractivity contribution >= 4 is 49.6 Å². The molecule has 0 saturated carbocycles. The first-order valence-corrected chi connectivity index (χ1v) is 2.17. The number of hydrogen-bond acceptors (Lipinski definition) is 6. The Morgan fingerprint density at radius 3 is 0.538 bits per heavy atom. The molecule has 0 atom stereocenters. The van der Waals surface area contributed by atoms with E-state index in [0.29, 0.717) is 0 Å². The number of nitrogens with one attached hydrogen (secondary N) is 3. The first-order valence-electron chi connectivity index (χ1n) is 2.17. The lowest BCUT2D eigenvalue weighted by molar-refractivity contribution is 0.194. The van der Waals surface area contributed by atoms with E-state index in [-0.39, 0.29) is 49.6 Å². The van der Waals surface area contributed by atoms with Gasteiger partial charge in [-0.3, -0.25) is 0 Å². The Labute approximate surface area is 103 Å². The molecule has 6 nitrogen and oxygen atoms in total. The normalized spacial score (nSPS) is 4.15. The van der Waals surface area contributed by atoms with E-state index in [9.17, 15) is 0 Å². The summed E-state index contributed by atoms with van der Waals surface area (Å²) in [5.41, 5.74) is 5.25. The molecule has 0 aromatic heterocycles. The van der Waals surface area contributed by atoms with Crippen LogP contribution in [0.2, 0.25) is 0 Å². The Morgan fingerprint density at radius 2 is 0.538 bits per heavy atom. The molecule has 0 aliphatic carbocycles. The molecule has 0 radical (unpaired) electrons. The minimum atomic E-state index is 0. The molecule has 0 saturated heterocycles. The van der Waals surface area contributed by atoms with Gasteiger partial charge in [-0.25, -0.2) is 16.4 Å². The summed E-state index contributed by atoms with van der Waals surface area (Å²) in [6, 6.07) is 0. The van der Waals surface area contributed by atoms with Crippen LogP contribution in [0.3, 0.4) is 0 Å². The fourth-order valence-corrected chi connectivity index (χ4v) is 0. The fourth-order valence-electron chi connectivity index (χ4n) is 0. The van der Waals surface area contributed by atoms with Gasteiger partial charge in [-0.05, 0) is 0 Å². The molecule has 0 spiro atoms. The third-order valence-electron chi connectivity index (χ3n) is 0. The first-order chi connectivity index (χ1) is 4.24. The lowest BCUT2D eigenvalue weighted by Crippen LogP contribution is -1.91. The highest BCUT2D eigenvalue weighted by atomic mass is 35.5. The van der Waals surface area contributed by atoms with Crippen molar-refractivity contribution in [2.75, 3.05) is 21.1 Å². The Hall–Kier alpha value is 0.920. The Bertz CT molecular complexity index is 30.6. The topological polar surface area (TPSA) is 96.8 Å². The number of halogens is 4. The van der Waals surface area contributed by atoms with Gasteiger partial charge in [0.05, 0.1) is 0 Å². The van der Waals surface area contributed by atoms with Crippen LogP contribution >= 0.6 is 49.6 Å². The molecular weight excluding hydrogens is 268 g/mol. The van der Waals surface area contributed by atoms with Gasteiger partial charge in [0.25, 0.3) is 0 Å². The second-order valence-corrected chi connectivity index (χ2v) is 0.671. The van der Waals surface area contributed by atoms with Gasteiger partial charge < -0.3 is 15.6 Å². The first kappa shape index (κ1) is 48.5. The molecule has 0 aliphatic rings. The van der Waals surface area contributed by atoms with E-state index in [1.165, 1.54) is 21.1 Å². The van der Waals surface area contributed by atoms with Crippen molar-refractivity contribution in [1.29, 1.82) is 0 Å². The predicted octanol–water partition coefficient (Wildman–Crippen LogP) is 0.472. The van der Waals surface area contributed by atoms with Crippen LogP contribution < -0.4 is 16.4 Å². The highest BCUT2D eigenvalue weighted by Gasteiger charge is 1.25. The van der Waals surface area contributed by atoms with Crippen molar-refractivity contribution in [2.24, 2.45) is 0 Å². The van der Waals surface area contributed by atoms with Crippen molar-refractivity contribution in [1.82, 2.24) is 16.4 Å². The summed E-state index contributed by atoms with van der Waals surface area (Å²) in [4.78, 5) is 0. The van der Waals surface area contributed by atoms with Gasteiger partial charge >= 0.3 is 0 Å². The summed E-state index contributed by atoms with van der Waals surface area (Å²) in [5, 5.41) is 22.0. The van der Waals surface area contributed by atoms with E-state index >= 15 is 0 Å². The molecule has 0 aliphatic heterocycles. The van der Waals surface area contributed by atoms with Crippen LogP contribution in [0.5, 0.6) is 0 Å². The van der Waals surface area contributed by atoms with Gasteiger partial charge in [0.1, 0.15) is 0 Å². The molecule has 92 valence electrons. The van der Waals surface area contributed by atoms with Crippen LogP contribution in [0.25, 0.3) is 0 Å². The van der Waals surface area contributed by atoms with Crippen LogP contribution in [0, 0.1) is 0 Å². The smallest absolute Gasteiger partial charge is 0.00929 e. The summed E-state index contributed by atoms with van der Waals surface area (Å²) >= 11 is 0. The van der Waals surface area contributed by atoms with Crippen molar-refractivity contribution in [3.8, 4) is 0 Å². The molecule has 6 N–H and O–H groups in total. The van der Waals surface area contributed by atoms with Crippen LogP contribution in [-0.4, -0.2) is 36.8 Å². The molecule has 13 heavy (non-hydrogen) atoms. The highest BCUT2D eigenvalue weighted by Crippen LogP contribution is 0.963. The van der Waals surface area contributed by atoms with E-state index in [4.69, 9.17) is 15.6 Å². The lowest BCUT2D eigenvalue weighted by atomic mass is 11.6. The van der Waals surface area contributed by atoms with Crippen LogP contribution in [-0.2, 0) is 0 Å². The molecule has 0 aromatic carbocycles. The van der Waals surface area contributed by atoms with Crippen LogP contribution in [0.4, 0.5) is 0 Å². The molecule has 0 aromatic rings. The maximum absolute atomic E-state index is 7.32. The molecular formula is C3H19Cl4N3O3. The summed E-state index contributed by atoms with van der Waals surface area (Å²) in [6.07, 6.45) is 0. The summed E-state index contributed by atoms with van der Waals surface area (Å²) in [6.45, 7) is 0. The third-order valence-corrected chi connectivity index (χ3v) is 0. The van der Waals surface area contributed by atoms with Gasteiger partial charge in [-0.1, -0.05) is 0 Å². The van der Waals surface area contributed by atoms with Crippen molar-refractivity contribution in [3.63, 3.8) is 0 Å². The molecule has 0 fully saturated rings. The average Bonchev–Trinajstić information content (AvgIpc) is 1.70. The zero-order valence-electron chi connectivity index (χ0n) is 7.47. The minimum absolute atomic E-state index is 0. The van der Waals surface area contributed by atoms with Crippen LogP contribution in [0.15, 0.2) is 0 Å². The van der Waals surface area contributed by atoms with E-state index in [2.05, 4.69) is 0 Å². The molecule has 0 bridgehead atoms. The average molecular weight is 287 g/mol. The molecule has 0 amide bonds. The van der Waals surface area contributed by atoms with Gasteiger partial charge in [0, 0.05) is 21.1 Å². The summed E-state index contributed by atoms with van der Waals surface area (Å²) in [7, 11) is 4.29. The molecule has 0 unspecified atom stereocenters. The van der Waals surface area contributed by atoms with Crippen molar-refractivity contribution in [3.05, 3.63) is 0 Å². The second-order valence-electron chi connectivity index (χ2n) is 0.671. The Kier molecular flexibility index (Phi) is 446. The molecule has 10 heteroatoms. The minimum Gasteiger partial charge on any atom is -0.317 e. The zero-order chi connectivity index (χ0) is 8.12. The Morgan fingerprint density at radius 1 is 0.538 bits per heavy atom. The summed E-state index contributed by atoms with van der Waals surface area (Å²) < 4.78 is 0. The van der Waals surface area contributed by atoms with Crippen LogP contribution in [0.1, 0.15) is 0 Å². The Balaban J connectivity index is -0.00000000720. The maximum atomic E-state index is 7.32. The third kappa shape index (κ3) is 1820. The standard InChI is InChI=1S/3CH5NO.4ClH/c3*1-2-3;;;;/h3*2-3H,1H3;4*1H. The maximum Gasteiger partial charge on any atom is 0.00929 e. The van der Waals surface area contributed by atoms with Gasteiger partial charge in [0.15, 0.2) is 0 Å². The molecule has 0 heterocycles. The van der Waals surface area contributed by atoms with Gasteiger partial charge in [0.2, 0.25) is 0 Å². The van der Waals surface area contributed by atoms with E-state index in [1.54, 1.807) is 16.4 Å². The number of hydrogen-bond donors (Lipinski definition) is 6. The van der Waals surface area contributed by atoms with Crippen molar-refractivity contribution in [2.45, 2.75) is 0 Å². The summed E-state index contributed by atoms with van der Waals surface area (Å²) in [5.74, 6) is 0. The largest absolute Gasteiger partial charge is 0.317 e. The van der Waals surface area contributed by atoms with E-state index < -0.39 is 0 Å².